The summed E-state index contributed by atoms with van der Waals surface area (Å²) in [4.78, 5) is 15.1. The minimum absolute atomic E-state index is 0.0441. The van der Waals surface area contributed by atoms with Crippen molar-refractivity contribution in [2.75, 3.05) is 11.2 Å². The number of carbonyl (C=O) groups is 1. The van der Waals surface area contributed by atoms with Gasteiger partial charge in [-0.25, -0.2) is 0 Å². The number of H-pyrrole nitrogens is 1. The molecule has 0 unspecified atom stereocenters. The monoisotopic (exact) mass is 192 g/mol. The standard InChI is InChI=1S/C7H8N6O/c8-7-9-5(10-11-7)6(14)12-13-3-1-2-4-13/h1-4H,(H,12,14)(H3,8,9,10,11). The lowest BCUT2D eigenvalue weighted by Crippen LogP contribution is -2.22. The lowest BCUT2D eigenvalue weighted by Gasteiger charge is -2.01. The average molecular weight is 192 g/mol. The number of nitrogens with two attached hydrogens (primary N) is 1. The van der Waals surface area contributed by atoms with Gasteiger partial charge in [0.25, 0.3) is 0 Å². The predicted octanol–water partition coefficient (Wildman–Crippen LogP) is -0.428. The number of anilines is 1. The molecule has 2 heterocycles. The van der Waals surface area contributed by atoms with Crippen molar-refractivity contribution in [3.63, 3.8) is 0 Å². The molecule has 2 aromatic rings. The van der Waals surface area contributed by atoms with Gasteiger partial charge in [0.1, 0.15) is 0 Å². The van der Waals surface area contributed by atoms with E-state index in [4.69, 9.17) is 5.73 Å². The van der Waals surface area contributed by atoms with Gasteiger partial charge in [0.05, 0.1) is 0 Å². The van der Waals surface area contributed by atoms with Gasteiger partial charge < -0.3 is 5.73 Å². The van der Waals surface area contributed by atoms with Crippen molar-refractivity contribution in [3.05, 3.63) is 30.4 Å². The average Bonchev–Trinajstić information content (AvgIpc) is 2.75. The zero-order valence-electron chi connectivity index (χ0n) is 7.14. The molecular formula is C7H8N6O. The fourth-order valence-corrected chi connectivity index (χ4v) is 0.956. The molecule has 0 aliphatic rings. The first kappa shape index (κ1) is 8.30. The van der Waals surface area contributed by atoms with Crippen LogP contribution in [-0.4, -0.2) is 25.8 Å². The lowest BCUT2D eigenvalue weighted by atomic mass is 10.6. The fraction of sp³-hybridized carbons (Fsp3) is 0. The zero-order valence-corrected chi connectivity index (χ0v) is 7.14. The SMILES string of the molecule is Nc1n[nH]c(C(=O)Nn2cccc2)n1. The van der Waals surface area contributed by atoms with E-state index >= 15 is 0 Å². The zero-order chi connectivity index (χ0) is 9.97. The lowest BCUT2D eigenvalue weighted by molar-refractivity contribution is 0.0998. The van der Waals surface area contributed by atoms with Crippen molar-refractivity contribution in [1.29, 1.82) is 0 Å². The molecule has 14 heavy (non-hydrogen) atoms. The summed E-state index contributed by atoms with van der Waals surface area (Å²) in [5.41, 5.74) is 7.79. The number of carbonyl (C=O) groups excluding carboxylic acids is 1. The highest BCUT2D eigenvalue weighted by Gasteiger charge is 2.09. The van der Waals surface area contributed by atoms with Crippen molar-refractivity contribution >= 4 is 11.9 Å². The highest BCUT2D eigenvalue weighted by atomic mass is 16.2. The maximum Gasteiger partial charge on any atom is 0.307 e. The molecule has 72 valence electrons. The van der Waals surface area contributed by atoms with Crippen LogP contribution in [-0.2, 0) is 0 Å². The first-order valence-corrected chi connectivity index (χ1v) is 3.88. The topological polar surface area (TPSA) is 102 Å². The van der Waals surface area contributed by atoms with Gasteiger partial charge in [-0.3, -0.25) is 20.0 Å². The Balaban J connectivity index is 2.10. The van der Waals surface area contributed by atoms with E-state index in [1.165, 1.54) is 4.68 Å². The minimum Gasteiger partial charge on any atom is -0.366 e. The van der Waals surface area contributed by atoms with Crippen LogP contribution in [0.15, 0.2) is 24.5 Å². The van der Waals surface area contributed by atoms with Crippen molar-refractivity contribution in [1.82, 2.24) is 19.9 Å². The molecule has 0 aliphatic heterocycles. The quantitative estimate of drug-likeness (QED) is 0.601. The van der Waals surface area contributed by atoms with E-state index in [0.717, 1.165) is 0 Å². The summed E-state index contributed by atoms with van der Waals surface area (Å²) in [5.74, 6) is -0.274. The molecule has 0 spiro atoms. The second kappa shape index (κ2) is 3.21. The summed E-state index contributed by atoms with van der Waals surface area (Å²) in [6.07, 6.45) is 3.38. The molecule has 2 rings (SSSR count). The van der Waals surface area contributed by atoms with Crippen LogP contribution in [0, 0.1) is 0 Å². The molecule has 7 nitrogen and oxygen atoms in total. The Hall–Kier alpha value is -2.31. The number of hydrogen-bond donors (Lipinski definition) is 3. The largest absolute Gasteiger partial charge is 0.366 e. The smallest absolute Gasteiger partial charge is 0.307 e. The number of aromatic amines is 1. The summed E-state index contributed by atoms with van der Waals surface area (Å²) in [6.45, 7) is 0. The van der Waals surface area contributed by atoms with E-state index < -0.39 is 5.91 Å². The highest BCUT2D eigenvalue weighted by molar-refractivity contribution is 5.96. The van der Waals surface area contributed by atoms with Crippen molar-refractivity contribution in [2.24, 2.45) is 0 Å². The second-order valence-electron chi connectivity index (χ2n) is 2.57. The summed E-state index contributed by atoms with van der Waals surface area (Å²) >= 11 is 0. The third-order valence-electron chi connectivity index (χ3n) is 1.55. The third kappa shape index (κ3) is 1.56. The molecule has 1 amide bonds. The van der Waals surface area contributed by atoms with Crippen LogP contribution in [0.4, 0.5) is 5.95 Å². The first-order valence-electron chi connectivity index (χ1n) is 3.88. The van der Waals surface area contributed by atoms with E-state index in [1.807, 2.05) is 0 Å². The fourth-order valence-electron chi connectivity index (χ4n) is 0.956. The Morgan fingerprint density at radius 2 is 2.21 bits per heavy atom. The number of nitrogens with one attached hydrogen (secondary N) is 2. The molecule has 0 atom stereocenters. The van der Waals surface area contributed by atoms with Gasteiger partial charge in [-0.1, -0.05) is 0 Å². The molecule has 0 saturated carbocycles. The summed E-state index contributed by atoms with van der Waals surface area (Å²) in [6, 6.07) is 3.57. The van der Waals surface area contributed by atoms with Crippen LogP contribution in [0.2, 0.25) is 0 Å². The summed E-state index contributed by atoms with van der Waals surface area (Å²) in [5, 5.41) is 5.94. The molecule has 0 aromatic carbocycles. The Bertz CT molecular complexity index is 431. The minimum atomic E-state index is -0.398. The molecule has 0 radical (unpaired) electrons. The third-order valence-corrected chi connectivity index (χ3v) is 1.55. The van der Waals surface area contributed by atoms with Crippen LogP contribution in [0.3, 0.4) is 0 Å². The Labute approximate surface area is 78.9 Å². The molecule has 0 aliphatic carbocycles. The Morgan fingerprint density at radius 3 is 2.79 bits per heavy atom. The maximum atomic E-state index is 11.4. The van der Waals surface area contributed by atoms with Crippen LogP contribution in [0.5, 0.6) is 0 Å². The second-order valence-corrected chi connectivity index (χ2v) is 2.57. The van der Waals surface area contributed by atoms with E-state index in [0.29, 0.717) is 0 Å². The van der Waals surface area contributed by atoms with Gasteiger partial charge in [-0.15, -0.1) is 5.10 Å². The normalized spacial score (nSPS) is 10.0. The van der Waals surface area contributed by atoms with Crippen molar-refractivity contribution in [2.45, 2.75) is 0 Å². The van der Waals surface area contributed by atoms with E-state index in [2.05, 4.69) is 20.6 Å². The molecule has 4 N–H and O–H groups in total. The molecule has 7 heteroatoms. The molecule has 2 aromatic heterocycles. The van der Waals surface area contributed by atoms with Crippen LogP contribution < -0.4 is 11.2 Å². The van der Waals surface area contributed by atoms with E-state index in [-0.39, 0.29) is 11.8 Å². The molecule has 0 bridgehead atoms. The molecular weight excluding hydrogens is 184 g/mol. The van der Waals surface area contributed by atoms with Gasteiger partial charge in [-0.2, -0.15) is 4.98 Å². The van der Waals surface area contributed by atoms with Gasteiger partial charge in [0.15, 0.2) is 0 Å². The van der Waals surface area contributed by atoms with E-state index in [1.54, 1.807) is 24.5 Å². The Morgan fingerprint density at radius 1 is 1.50 bits per heavy atom. The number of rotatable bonds is 2. The molecule has 0 saturated heterocycles. The van der Waals surface area contributed by atoms with E-state index in [9.17, 15) is 4.79 Å². The number of amides is 1. The van der Waals surface area contributed by atoms with Crippen molar-refractivity contribution in [3.8, 4) is 0 Å². The number of nitrogens with zero attached hydrogens (tertiary/aromatic N) is 3. The van der Waals surface area contributed by atoms with Crippen LogP contribution in [0.25, 0.3) is 0 Å². The van der Waals surface area contributed by atoms with Gasteiger partial charge in [0, 0.05) is 12.4 Å². The van der Waals surface area contributed by atoms with Crippen LogP contribution in [0.1, 0.15) is 10.6 Å². The summed E-state index contributed by atoms with van der Waals surface area (Å²) in [7, 11) is 0. The highest BCUT2D eigenvalue weighted by Crippen LogP contribution is 1.94. The molecule has 0 fully saturated rings. The summed E-state index contributed by atoms with van der Waals surface area (Å²) < 4.78 is 1.50. The van der Waals surface area contributed by atoms with Gasteiger partial charge in [-0.05, 0) is 12.1 Å². The first-order chi connectivity index (χ1) is 6.75. The van der Waals surface area contributed by atoms with Crippen molar-refractivity contribution < 1.29 is 4.79 Å². The van der Waals surface area contributed by atoms with Crippen LogP contribution >= 0.6 is 0 Å². The number of nitrogen functional groups attached to an aromatic ring is 1. The predicted molar refractivity (Wildman–Crippen MR) is 48.9 cm³/mol. The van der Waals surface area contributed by atoms with Gasteiger partial charge in [0.2, 0.25) is 11.8 Å². The number of aromatic nitrogens is 4. The maximum absolute atomic E-state index is 11.4. The Kier molecular flexibility index (Phi) is 1.90. The van der Waals surface area contributed by atoms with Gasteiger partial charge >= 0.3 is 5.91 Å². The number of hydrogen-bond acceptors (Lipinski definition) is 4.